The maximum Gasteiger partial charge on any atom is 0.573 e. The molecule has 4 rings (SSSR count). The number of aromatic nitrogens is 2. The fourth-order valence-corrected chi connectivity index (χ4v) is 4.53. The molecule has 0 saturated carbocycles. The van der Waals surface area contributed by atoms with Crippen molar-refractivity contribution in [3.63, 3.8) is 0 Å². The number of carbonyl (C=O) groups is 3. The van der Waals surface area contributed by atoms with E-state index in [2.05, 4.69) is 15.2 Å². The summed E-state index contributed by atoms with van der Waals surface area (Å²) in [6.45, 7) is 1.57. The third-order valence-electron chi connectivity index (χ3n) is 5.24. The van der Waals surface area contributed by atoms with Gasteiger partial charge in [-0.1, -0.05) is 12.1 Å². The fourth-order valence-electron chi connectivity index (χ4n) is 3.60. The highest BCUT2D eigenvalue weighted by molar-refractivity contribution is 7.16. The van der Waals surface area contributed by atoms with Crippen molar-refractivity contribution in [1.82, 2.24) is 9.78 Å². The summed E-state index contributed by atoms with van der Waals surface area (Å²) >= 11 is 0.928. The summed E-state index contributed by atoms with van der Waals surface area (Å²) in [6, 6.07) is 10.1. The molecule has 39 heavy (non-hydrogen) atoms. The number of carbonyl (C=O) groups excluding carboxylic acids is 3. The van der Waals surface area contributed by atoms with Gasteiger partial charge in [0.05, 0.1) is 35.9 Å². The SMILES string of the molecule is CCOC(=O)c1nn(-c2ccc(OC(F)(F)F)cc2)c(=O)c2c(NC(=O)c3ccccc3C(=O)OC)scc12. The zero-order chi connectivity index (χ0) is 28.3. The fraction of sp³-hybridized carbons (Fsp3) is 0.160. The van der Waals surface area contributed by atoms with E-state index in [0.717, 1.165) is 47.4 Å². The minimum atomic E-state index is -4.91. The van der Waals surface area contributed by atoms with E-state index in [1.807, 2.05) is 0 Å². The van der Waals surface area contributed by atoms with Crippen molar-refractivity contribution in [3.8, 4) is 11.4 Å². The molecule has 1 amide bonds. The Morgan fingerprint density at radius 3 is 2.31 bits per heavy atom. The number of fused-ring (bicyclic) bond motifs is 1. The molecule has 2 aromatic heterocycles. The van der Waals surface area contributed by atoms with Gasteiger partial charge in [-0.05, 0) is 43.3 Å². The normalized spacial score (nSPS) is 11.2. The lowest BCUT2D eigenvalue weighted by atomic mass is 10.1. The number of alkyl halides is 3. The van der Waals surface area contributed by atoms with Gasteiger partial charge in [-0.3, -0.25) is 9.59 Å². The summed E-state index contributed by atoms with van der Waals surface area (Å²) in [5, 5.41) is 8.14. The first-order valence-electron chi connectivity index (χ1n) is 11.1. The Morgan fingerprint density at radius 2 is 1.69 bits per heavy atom. The highest BCUT2D eigenvalue weighted by atomic mass is 32.1. The minimum absolute atomic E-state index is 0.00263. The van der Waals surface area contributed by atoms with Crippen LogP contribution in [0.15, 0.2) is 58.7 Å². The Balaban J connectivity index is 1.83. The van der Waals surface area contributed by atoms with Crippen LogP contribution >= 0.6 is 11.3 Å². The molecule has 0 spiro atoms. The number of hydrogen-bond acceptors (Lipinski definition) is 9. The lowest BCUT2D eigenvalue weighted by molar-refractivity contribution is -0.274. The maximum atomic E-state index is 13.5. The standard InChI is InChI=1S/C25H18F3N3O7S/c1-3-37-24(35)19-17-12-39-21(29-20(32)15-6-4-5-7-16(15)23(34)36-2)18(17)22(33)31(30-19)13-8-10-14(11-9-13)38-25(26,27)28/h4-12H,3H2,1-2H3,(H,29,32). The quantitative estimate of drug-likeness (QED) is 0.326. The first-order chi connectivity index (χ1) is 18.5. The highest BCUT2D eigenvalue weighted by Gasteiger charge is 2.31. The van der Waals surface area contributed by atoms with Crippen LogP contribution in [0.1, 0.15) is 38.1 Å². The van der Waals surface area contributed by atoms with Gasteiger partial charge in [0.1, 0.15) is 10.8 Å². The number of esters is 2. The van der Waals surface area contributed by atoms with E-state index < -0.39 is 35.5 Å². The molecule has 0 atom stereocenters. The van der Waals surface area contributed by atoms with Crippen molar-refractivity contribution in [1.29, 1.82) is 0 Å². The number of rotatable bonds is 7. The molecule has 202 valence electrons. The molecule has 1 N–H and O–H groups in total. The van der Waals surface area contributed by atoms with Crippen LogP contribution in [-0.2, 0) is 9.47 Å². The Labute approximate surface area is 221 Å². The number of anilines is 1. The average Bonchev–Trinajstić information content (AvgIpc) is 3.32. The van der Waals surface area contributed by atoms with E-state index in [0.29, 0.717) is 0 Å². The molecule has 0 bridgehead atoms. The van der Waals surface area contributed by atoms with E-state index in [1.54, 1.807) is 13.0 Å². The van der Waals surface area contributed by atoms with Crippen LogP contribution in [0.3, 0.4) is 0 Å². The number of nitrogens with one attached hydrogen (secondary N) is 1. The zero-order valence-electron chi connectivity index (χ0n) is 20.2. The van der Waals surface area contributed by atoms with Gasteiger partial charge in [0.15, 0.2) is 5.69 Å². The lowest BCUT2D eigenvalue weighted by Gasteiger charge is -2.12. The number of benzene rings is 2. The van der Waals surface area contributed by atoms with Gasteiger partial charge in [-0.25, -0.2) is 9.59 Å². The second kappa shape index (κ2) is 10.9. The molecule has 4 aromatic rings. The first kappa shape index (κ1) is 27.3. The number of thiophene rings is 1. The van der Waals surface area contributed by atoms with Gasteiger partial charge in [0.25, 0.3) is 11.5 Å². The summed E-state index contributed by atoms with van der Waals surface area (Å²) in [5.74, 6) is -2.86. The van der Waals surface area contributed by atoms with E-state index >= 15 is 0 Å². The first-order valence-corrected chi connectivity index (χ1v) is 12.0. The molecule has 0 saturated heterocycles. The van der Waals surface area contributed by atoms with Crippen molar-refractivity contribution in [2.24, 2.45) is 0 Å². The monoisotopic (exact) mass is 561 g/mol. The zero-order valence-corrected chi connectivity index (χ0v) is 21.0. The van der Waals surface area contributed by atoms with Gasteiger partial charge in [-0.15, -0.1) is 24.5 Å². The van der Waals surface area contributed by atoms with Crippen LogP contribution in [0.25, 0.3) is 16.5 Å². The molecule has 14 heteroatoms. The van der Waals surface area contributed by atoms with Gasteiger partial charge >= 0.3 is 18.3 Å². The molecule has 2 aromatic carbocycles. The molecule has 0 aliphatic carbocycles. The summed E-state index contributed by atoms with van der Waals surface area (Å²) in [6.07, 6.45) is -4.91. The van der Waals surface area contributed by atoms with E-state index in [4.69, 9.17) is 9.47 Å². The molecule has 0 aliphatic rings. The third-order valence-corrected chi connectivity index (χ3v) is 6.14. The molecule has 0 radical (unpaired) electrons. The number of methoxy groups -OCH3 is 1. The maximum absolute atomic E-state index is 13.5. The van der Waals surface area contributed by atoms with Crippen LogP contribution in [0.4, 0.5) is 18.2 Å². The summed E-state index contributed by atoms with van der Waals surface area (Å²) in [7, 11) is 1.16. The molecule has 0 fully saturated rings. The van der Waals surface area contributed by atoms with Crippen LogP contribution in [0, 0.1) is 0 Å². The van der Waals surface area contributed by atoms with E-state index in [9.17, 15) is 32.3 Å². The van der Waals surface area contributed by atoms with Gasteiger partial charge < -0.3 is 19.5 Å². The van der Waals surface area contributed by atoms with Crippen LogP contribution in [0.2, 0.25) is 0 Å². The molecule has 2 heterocycles. The minimum Gasteiger partial charge on any atom is -0.465 e. The van der Waals surface area contributed by atoms with Crippen molar-refractivity contribution >= 4 is 45.0 Å². The second-order valence-electron chi connectivity index (χ2n) is 7.67. The topological polar surface area (TPSA) is 126 Å². The van der Waals surface area contributed by atoms with Crippen LogP contribution < -0.4 is 15.6 Å². The molecule has 10 nitrogen and oxygen atoms in total. The third kappa shape index (κ3) is 5.75. The Bertz CT molecular complexity index is 1630. The van der Waals surface area contributed by atoms with Crippen molar-refractivity contribution in [2.45, 2.75) is 13.3 Å². The number of nitrogens with zero attached hydrogens (tertiary/aromatic N) is 2. The number of halogens is 3. The van der Waals surface area contributed by atoms with E-state index in [1.165, 1.54) is 23.6 Å². The molecule has 0 unspecified atom stereocenters. The lowest BCUT2D eigenvalue weighted by Crippen LogP contribution is -2.26. The largest absolute Gasteiger partial charge is 0.573 e. The smallest absolute Gasteiger partial charge is 0.465 e. The Morgan fingerprint density at radius 1 is 1.03 bits per heavy atom. The van der Waals surface area contributed by atoms with E-state index in [-0.39, 0.29) is 44.9 Å². The number of amides is 1. The molecular formula is C25H18F3N3O7S. The van der Waals surface area contributed by atoms with Crippen molar-refractivity contribution < 1.29 is 41.8 Å². The van der Waals surface area contributed by atoms with Crippen LogP contribution in [-0.4, -0.2) is 47.7 Å². The van der Waals surface area contributed by atoms with Crippen molar-refractivity contribution in [3.05, 3.63) is 81.1 Å². The Kier molecular flexibility index (Phi) is 7.67. The summed E-state index contributed by atoms with van der Waals surface area (Å²) in [4.78, 5) is 51.4. The molecule has 0 aliphatic heterocycles. The van der Waals surface area contributed by atoms with Gasteiger partial charge in [0, 0.05) is 10.8 Å². The van der Waals surface area contributed by atoms with Crippen molar-refractivity contribution in [2.75, 3.05) is 19.0 Å². The number of hydrogen-bond donors (Lipinski definition) is 1. The summed E-state index contributed by atoms with van der Waals surface area (Å²) < 4.78 is 52.1. The van der Waals surface area contributed by atoms with Gasteiger partial charge in [0.2, 0.25) is 0 Å². The van der Waals surface area contributed by atoms with Gasteiger partial charge in [-0.2, -0.15) is 9.78 Å². The van der Waals surface area contributed by atoms with Crippen LogP contribution in [0.5, 0.6) is 5.75 Å². The predicted octanol–water partition coefficient (Wildman–Crippen LogP) is 4.56. The highest BCUT2D eigenvalue weighted by Crippen LogP contribution is 2.32. The average molecular weight is 561 g/mol. The summed E-state index contributed by atoms with van der Waals surface area (Å²) in [5.41, 5.74) is -1.05. The Hall–Kier alpha value is -4.72. The predicted molar refractivity (Wildman–Crippen MR) is 134 cm³/mol. The number of ether oxygens (including phenoxy) is 3. The second-order valence-corrected chi connectivity index (χ2v) is 8.55. The molecular weight excluding hydrogens is 543 g/mol.